The average molecular weight is 225 g/mol. The standard InChI is InChI=1S/C11H15NO4/c1-4-15-9(13)7-12(3)11(14)10-8(2)5-6-16-10/h5-6H,4,7H2,1-3H3. The lowest BCUT2D eigenvalue weighted by atomic mass is 10.2. The van der Waals surface area contributed by atoms with Gasteiger partial charge in [0.2, 0.25) is 0 Å². The fourth-order valence-electron chi connectivity index (χ4n) is 1.24. The van der Waals surface area contributed by atoms with Gasteiger partial charge in [-0.2, -0.15) is 0 Å². The zero-order chi connectivity index (χ0) is 12.1. The molecular formula is C11H15NO4. The van der Waals surface area contributed by atoms with Crippen molar-refractivity contribution < 1.29 is 18.7 Å². The summed E-state index contributed by atoms with van der Waals surface area (Å²) in [7, 11) is 1.53. The number of ether oxygens (including phenoxy) is 1. The van der Waals surface area contributed by atoms with Crippen molar-refractivity contribution in [1.82, 2.24) is 4.90 Å². The number of likely N-dealkylation sites (N-methyl/N-ethyl adjacent to an activating group) is 1. The molecule has 0 atom stereocenters. The molecule has 1 rings (SSSR count). The molecule has 1 aromatic rings. The first kappa shape index (κ1) is 12.3. The van der Waals surface area contributed by atoms with Crippen molar-refractivity contribution in [3.63, 3.8) is 0 Å². The number of hydrogen-bond donors (Lipinski definition) is 0. The lowest BCUT2D eigenvalue weighted by Crippen LogP contribution is -2.33. The summed E-state index contributed by atoms with van der Waals surface area (Å²) < 4.78 is 9.79. The number of amides is 1. The second-order valence-corrected chi connectivity index (χ2v) is 3.40. The second-order valence-electron chi connectivity index (χ2n) is 3.40. The largest absolute Gasteiger partial charge is 0.465 e. The molecule has 1 heterocycles. The molecule has 0 spiro atoms. The molecule has 1 amide bonds. The molecule has 0 unspecified atom stereocenters. The summed E-state index contributed by atoms with van der Waals surface area (Å²) in [5.41, 5.74) is 0.751. The molecule has 1 aromatic heterocycles. The van der Waals surface area contributed by atoms with Crippen LogP contribution in [0.2, 0.25) is 0 Å². The van der Waals surface area contributed by atoms with Gasteiger partial charge in [-0.25, -0.2) is 0 Å². The monoisotopic (exact) mass is 225 g/mol. The lowest BCUT2D eigenvalue weighted by molar-refractivity contribution is -0.143. The number of esters is 1. The maximum Gasteiger partial charge on any atom is 0.325 e. The van der Waals surface area contributed by atoms with E-state index in [1.54, 1.807) is 19.9 Å². The van der Waals surface area contributed by atoms with Gasteiger partial charge in [0.1, 0.15) is 6.54 Å². The van der Waals surface area contributed by atoms with Crippen molar-refractivity contribution in [3.05, 3.63) is 23.7 Å². The predicted octanol–water partition coefficient (Wildman–Crippen LogP) is 1.22. The van der Waals surface area contributed by atoms with E-state index < -0.39 is 5.97 Å². The van der Waals surface area contributed by atoms with Crippen molar-refractivity contribution in [2.75, 3.05) is 20.2 Å². The van der Waals surface area contributed by atoms with Gasteiger partial charge in [0.25, 0.3) is 5.91 Å². The number of furan rings is 1. The van der Waals surface area contributed by atoms with Crippen molar-refractivity contribution in [1.29, 1.82) is 0 Å². The van der Waals surface area contributed by atoms with Crippen LogP contribution >= 0.6 is 0 Å². The molecule has 5 nitrogen and oxygen atoms in total. The van der Waals surface area contributed by atoms with Crippen LogP contribution in [-0.4, -0.2) is 37.0 Å². The van der Waals surface area contributed by atoms with Crippen molar-refractivity contribution in [3.8, 4) is 0 Å². The van der Waals surface area contributed by atoms with Crippen LogP contribution in [0.4, 0.5) is 0 Å². The summed E-state index contributed by atoms with van der Waals surface area (Å²) in [4.78, 5) is 24.2. The van der Waals surface area contributed by atoms with E-state index in [1.807, 2.05) is 0 Å². The van der Waals surface area contributed by atoms with Gasteiger partial charge in [-0.05, 0) is 19.9 Å². The van der Waals surface area contributed by atoms with E-state index in [-0.39, 0.29) is 18.2 Å². The van der Waals surface area contributed by atoms with Gasteiger partial charge in [0.05, 0.1) is 12.9 Å². The summed E-state index contributed by atoms with van der Waals surface area (Å²) in [5, 5.41) is 0. The lowest BCUT2D eigenvalue weighted by Gasteiger charge is -2.14. The van der Waals surface area contributed by atoms with E-state index in [1.165, 1.54) is 18.2 Å². The molecule has 0 bridgehead atoms. The quantitative estimate of drug-likeness (QED) is 0.723. The van der Waals surface area contributed by atoms with Crippen LogP contribution in [0.25, 0.3) is 0 Å². The molecule has 0 aliphatic heterocycles. The van der Waals surface area contributed by atoms with Crippen LogP contribution in [0, 0.1) is 6.92 Å². The summed E-state index contributed by atoms with van der Waals surface area (Å²) in [5.74, 6) is -0.495. The van der Waals surface area contributed by atoms with Gasteiger partial charge in [-0.3, -0.25) is 9.59 Å². The number of carbonyl (C=O) groups is 2. The zero-order valence-electron chi connectivity index (χ0n) is 9.65. The van der Waals surface area contributed by atoms with Gasteiger partial charge in [-0.15, -0.1) is 0 Å². The third-order valence-corrected chi connectivity index (χ3v) is 2.07. The van der Waals surface area contributed by atoms with Crippen molar-refractivity contribution in [2.45, 2.75) is 13.8 Å². The Labute approximate surface area is 94.0 Å². The minimum atomic E-state index is -0.428. The van der Waals surface area contributed by atoms with E-state index in [0.717, 1.165) is 5.56 Å². The van der Waals surface area contributed by atoms with Crippen LogP contribution < -0.4 is 0 Å². The van der Waals surface area contributed by atoms with Crippen molar-refractivity contribution >= 4 is 11.9 Å². The first-order chi connectivity index (χ1) is 7.56. The Morgan fingerprint density at radius 3 is 2.69 bits per heavy atom. The zero-order valence-corrected chi connectivity index (χ0v) is 9.65. The Morgan fingerprint density at radius 1 is 1.50 bits per heavy atom. The molecule has 0 radical (unpaired) electrons. The van der Waals surface area contributed by atoms with E-state index in [4.69, 9.17) is 9.15 Å². The summed E-state index contributed by atoms with van der Waals surface area (Å²) >= 11 is 0. The molecule has 16 heavy (non-hydrogen) atoms. The summed E-state index contributed by atoms with van der Waals surface area (Å²) in [6, 6.07) is 1.70. The van der Waals surface area contributed by atoms with Crippen molar-refractivity contribution in [2.24, 2.45) is 0 Å². The van der Waals surface area contributed by atoms with Gasteiger partial charge in [0, 0.05) is 12.6 Å². The number of rotatable bonds is 4. The number of nitrogens with zero attached hydrogens (tertiary/aromatic N) is 1. The molecule has 0 saturated heterocycles. The molecule has 0 saturated carbocycles. The Hall–Kier alpha value is -1.78. The maximum atomic E-state index is 11.8. The maximum absolute atomic E-state index is 11.8. The molecule has 88 valence electrons. The highest BCUT2D eigenvalue weighted by atomic mass is 16.5. The Balaban J connectivity index is 2.61. The van der Waals surface area contributed by atoms with Gasteiger partial charge >= 0.3 is 5.97 Å². The number of hydrogen-bond acceptors (Lipinski definition) is 4. The van der Waals surface area contributed by atoms with Crippen LogP contribution in [0.3, 0.4) is 0 Å². The molecular weight excluding hydrogens is 210 g/mol. The normalized spacial score (nSPS) is 9.94. The Kier molecular flexibility index (Phi) is 4.10. The third-order valence-electron chi connectivity index (χ3n) is 2.07. The Morgan fingerprint density at radius 2 is 2.19 bits per heavy atom. The molecule has 0 aliphatic rings. The van der Waals surface area contributed by atoms with Gasteiger partial charge in [0.15, 0.2) is 5.76 Å². The van der Waals surface area contributed by atoms with Crippen LogP contribution in [0.15, 0.2) is 16.7 Å². The first-order valence-electron chi connectivity index (χ1n) is 5.01. The van der Waals surface area contributed by atoms with Crippen LogP contribution in [-0.2, 0) is 9.53 Å². The topological polar surface area (TPSA) is 59.8 Å². The van der Waals surface area contributed by atoms with Crippen LogP contribution in [0.5, 0.6) is 0 Å². The van der Waals surface area contributed by atoms with E-state index in [2.05, 4.69) is 0 Å². The fourth-order valence-corrected chi connectivity index (χ4v) is 1.24. The average Bonchev–Trinajstić information content (AvgIpc) is 2.63. The van der Waals surface area contributed by atoms with Gasteiger partial charge in [-0.1, -0.05) is 0 Å². The van der Waals surface area contributed by atoms with E-state index in [0.29, 0.717) is 6.61 Å². The van der Waals surface area contributed by atoms with E-state index in [9.17, 15) is 9.59 Å². The molecule has 5 heteroatoms. The Bertz CT molecular complexity index is 383. The highest BCUT2D eigenvalue weighted by Gasteiger charge is 2.19. The molecule has 0 aromatic carbocycles. The summed E-state index contributed by atoms with van der Waals surface area (Å²) in [6.45, 7) is 3.72. The predicted molar refractivity (Wildman–Crippen MR) is 57.0 cm³/mol. The second kappa shape index (κ2) is 5.34. The first-order valence-corrected chi connectivity index (χ1v) is 5.01. The van der Waals surface area contributed by atoms with E-state index >= 15 is 0 Å². The number of carbonyl (C=O) groups excluding carboxylic acids is 2. The minimum Gasteiger partial charge on any atom is -0.465 e. The minimum absolute atomic E-state index is 0.0766. The third kappa shape index (κ3) is 2.85. The fraction of sp³-hybridized carbons (Fsp3) is 0.455. The molecule has 0 aliphatic carbocycles. The smallest absolute Gasteiger partial charge is 0.325 e. The summed E-state index contributed by atoms with van der Waals surface area (Å²) in [6.07, 6.45) is 1.45. The highest BCUT2D eigenvalue weighted by molar-refractivity contribution is 5.94. The molecule has 0 N–H and O–H groups in total. The van der Waals surface area contributed by atoms with Crippen LogP contribution in [0.1, 0.15) is 23.0 Å². The highest BCUT2D eigenvalue weighted by Crippen LogP contribution is 2.10. The molecule has 0 fully saturated rings. The number of aryl methyl sites for hydroxylation is 1. The SMILES string of the molecule is CCOC(=O)CN(C)C(=O)c1occc1C. The van der Waals surface area contributed by atoms with Gasteiger partial charge < -0.3 is 14.1 Å².